The summed E-state index contributed by atoms with van der Waals surface area (Å²) in [4.78, 5) is 0. The van der Waals surface area contributed by atoms with Gasteiger partial charge in [0.05, 0.1) is 11.7 Å². The molecule has 0 aromatic heterocycles. The topological polar surface area (TPSA) is 35.2 Å². The number of hydrogen-bond donors (Lipinski definition) is 1. The predicted octanol–water partition coefficient (Wildman–Crippen LogP) is 6.14. The fourth-order valence-electron chi connectivity index (χ4n) is 5.23. The molecule has 2 saturated carbocycles. The van der Waals surface area contributed by atoms with Gasteiger partial charge in [0, 0.05) is 11.5 Å². The molecule has 0 radical (unpaired) electrons. The molecular weight excluding hydrogens is 318 g/mol. The minimum Gasteiger partial charge on any atom is -0.372 e. The summed E-state index contributed by atoms with van der Waals surface area (Å²) in [6.07, 6.45) is 10.6. The van der Waals surface area contributed by atoms with Crippen LogP contribution in [0.2, 0.25) is 0 Å². The summed E-state index contributed by atoms with van der Waals surface area (Å²) in [5.74, 6) is 5.53. The molecule has 0 saturated heterocycles. The first-order valence-electron chi connectivity index (χ1n) is 10.9. The van der Waals surface area contributed by atoms with Crippen molar-refractivity contribution < 1.29 is 4.74 Å². The van der Waals surface area contributed by atoms with E-state index < -0.39 is 0 Å². The lowest BCUT2D eigenvalue weighted by Gasteiger charge is -2.50. The van der Waals surface area contributed by atoms with Gasteiger partial charge in [-0.15, -0.1) is 0 Å². The molecule has 26 heavy (non-hydrogen) atoms. The first kappa shape index (κ1) is 21.6. The van der Waals surface area contributed by atoms with E-state index in [1.165, 1.54) is 38.5 Å². The molecule has 2 fully saturated rings. The first-order valence-corrected chi connectivity index (χ1v) is 10.9. The van der Waals surface area contributed by atoms with Gasteiger partial charge in [-0.1, -0.05) is 39.5 Å². The molecular formula is C24H43NO. The zero-order valence-electron chi connectivity index (χ0n) is 18.5. The Hall–Kier alpha value is -0.680. The molecule has 0 atom stereocenters. The average Bonchev–Trinajstić information content (AvgIpc) is 2.55. The monoisotopic (exact) mass is 361 g/mol. The van der Waals surface area contributed by atoms with Crippen molar-refractivity contribution in [3.05, 3.63) is 0 Å². The average molecular weight is 362 g/mol. The molecule has 2 aliphatic rings. The highest BCUT2D eigenvalue weighted by Gasteiger charge is 2.46. The molecule has 0 amide bonds. The van der Waals surface area contributed by atoms with Gasteiger partial charge < -0.3 is 10.5 Å². The van der Waals surface area contributed by atoms with Crippen molar-refractivity contribution in [1.29, 1.82) is 0 Å². The molecule has 0 bridgehead atoms. The maximum Gasteiger partial charge on any atom is 0.0683 e. The predicted molar refractivity (Wildman–Crippen MR) is 112 cm³/mol. The largest absolute Gasteiger partial charge is 0.372 e. The molecule has 2 aliphatic carbocycles. The minimum atomic E-state index is -0.0810. The van der Waals surface area contributed by atoms with E-state index >= 15 is 0 Å². The van der Waals surface area contributed by atoms with Crippen LogP contribution in [0.15, 0.2) is 0 Å². The summed E-state index contributed by atoms with van der Waals surface area (Å²) in [6, 6.07) is 2.63. The van der Waals surface area contributed by atoms with Gasteiger partial charge in [-0.2, -0.15) is 0 Å². The molecule has 0 aromatic rings. The van der Waals surface area contributed by atoms with E-state index in [4.69, 9.17) is 10.5 Å². The third kappa shape index (κ3) is 4.78. The van der Waals surface area contributed by atoms with E-state index in [-0.39, 0.29) is 16.4 Å². The van der Waals surface area contributed by atoms with Crippen LogP contribution >= 0.6 is 0 Å². The van der Waals surface area contributed by atoms with Crippen molar-refractivity contribution >= 4 is 0 Å². The van der Waals surface area contributed by atoms with Crippen molar-refractivity contribution in [2.45, 2.75) is 112 Å². The van der Waals surface area contributed by atoms with E-state index in [1.807, 2.05) is 0 Å². The highest BCUT2D eigenvalue weighted by atomic mass is 16.5. The highest BCUT2D eigenvalue weighted by Crippen LogP contribution is 2.49. The standard InChI is InChI=1S/C24H43NO/c1-18-8-10-20(11-9-18)23(4,5)24(6,7)26-21-14-12-19(13-15-21)22(2,3)16-17-25/h18-21H,8-15,25H2,1-7H3. The summed E-state index contributed by atoms with van der Waals surface area (Å²) in [5, 5.41) is 0. The molecule has 0 aliphatic heterocycles. The Morgan fingerprint density at radius 2 is 1.27 bits per heavy atom. The van der Waals surface area contributed by atoms with Crippen LogP contribution < -0.4 is 5.73 Å². The molecule has 0 unspecified atom stereocenters. The van der Waals surface area contributed by atoms with E-state index in [0.717, 1.165) is 24.7 Å². The second-order valence-electron chi connectivity index (χ2n) is 10.8. The van der Waals surface area contributed by atoms with Crippen molar-refractivity contribution in [2.75, 3.05) is 0 Å². The summed E-state index contributed by atoms with van der Waals surface area (Å²) in [7, 11) is 0. The Morgan fingerprint density at radius 3 is 1.77 bits per heavy atom. The second kappa shape index (κ2) is 8.14. The maximum atomic E-state index is 6.78. The van der Waals surface area contributed by atoms with E-state index in [2.05, 4.69) is 60.4 Å². The van der Waals surface area contributed by atoms with E-state index in [9.17, 15) is 0 Å². The van der Waals surface area contributed by atoms with Crippen LogP contribution in [0.3, 0.4) is 0 Å². The van der Waals surface area contributed by atoms with Gasteiger partial charge in [0.2, 0.25) is 0 Å². The van der Waals surface area contributed by atoms with Crippen LogP contribution in [0.4, 0.5) is 0 Å². The zero-order chi connectivity index (χ0) is 19.6. The maximum absolute atomic E-state index is 6.78. The van der Waals surface area contributed by atoms with Gasteiger partial charge in [-0.05, 0) is 89.4 Å². The second-order valence-corrected chi connectivity index (χ2v) is 10.8. The Balaban J connectivity index is 1.94. The van der Waals surface area contributed by atoms with E-state index in [1.54, 1.807) is 0 Å². The van der Waals surface area contributed by atoms with Gasteiger partial charge in [-0.3, -0.25) is 0 Å². The molecule has 2 heteroatoms. The Morgan fingerprint density at radius 1 is 0.769 bits per heavy atom. The van der Waals surface area contributed by atoms with Gasteiger partial charge in [0.15, 0.2) is 0 Å². The quantitative estimate of drug-likeness (QED) is 0.471. The van der Waals surface area contributed by atoms with Crippen LogP contribution in [0.25, 0.3) is 0 Å². The van der Waals surface area contributed by atoms with Crippen molar-refractivity contribution in [3.63, 3.8) is 0 Å². The van der Waals surface area contributed by atoms with Crippen LogP contribution in [-0.2, 0) is 4.74 Å². The third-order valence-electron chi connectivity index (χ3n) is 8.14. The summed E-state index contributed by atoms with van der Waals surface area (Å²) < 4.78 is 6.78. The van der Waals surface area contributed by atoms with E-state index in [0.29, 0.717) is 12.0 Å². The minimum absolute atomic E-state index is 0.0211. The molecule has 0 spiro atoms. The molecule has 0 aromatic carbocycles. The SMILES string of the molecule is CC1CCC(C(C)(C)C(C)(C)OC2CCC(C(C)(C)C#CN)CC2)CC1. The fraction of sp³-hybridized carbons (Fsp3) is 0.917. The summed E-state index contributed by atoms with van der Waals surface area (Å²) in [5.41, 5.74) is 5.63. The van der Waals surface area contributed by atoms with Crippen LogP contribution in [0, 0.1) is 40.5 Å². The smallest absolute Gasteiger partial charge is 0.0683 e. The van der Waals surface area contributed by atoms with Crippen molar-refractivity contribution in [3.8, 4) is 12.0 Å². The van der Waals surface area contributed by atoms with Gasteiger partial charge in [-0.25, -0.2) is 0 Å². The lowest BCUT2D eigenvalue weighted by Crippen LogP contribution is -2.49. The van der Waals surface area contributed by atoms with Crippen molar-refractivity contribution in [2.24, 2.45) is 34.3 Å². The van der Waals surface area contributed by atoms with Gasteiger partial charge in [0.1, 0.15) is 0 Å². The number of ether oxygens (including phenoxy) is 1. The molecule has 2 nitrogen and oxygen atoms in total. The van der Waals surface area contributed by atoms with Crippen molar-refractivity contribution in [1.82, 2.24) is 0 Å². The zero-order valence-corrected chi connectivity index (χ0v) is 18.5. The highest BCUT2D eigenvalue weighted by molar-refractivity contribution is 5.09. The Kier molecular flexibility index (Phi) is 6.76. The Labute approximate surface area is 163 Å². The molecule has 2 N–H and O–H groups in total. The first-order chi connectivity index (χ1) is 12.0. The molecule has 2 rings (SSSR count). The lowest BCUT2D eigenvalue weighted by molar-refractivity contribution is -0.169. The lowest BCUT2D eigenvalue weighted by atomic mass is 9.62. The van der Waals surface area contributed by atoms with Crippen LogP contribution in [0.5, 0.6) is 0 Å². The number of rotatable bonds is 5. The molecule has 0 heterocycles. The van der Waals surface area contributed by atoms with Gasteiger partial charge in [0.25, 0.3) is 0 Å². The number of hydrogen-bond acceptors (Lipinski definition) is 2. The normalized spacial score (nSPS) is 31.2. The number of nitrogens with two attached hydrogens (primary N) is 1. The van der Waals surface area contributed by atoms with Gasteiger partial charge >= 0.3 is 0 Å². The van der Waals surface area contributed by atoms with Crippen LogP contribution in [-0.4, -0.2) is 11.7 Å². The van der Waals surface area contributed by atoms with Crippen LogP contribution in [0.1, 0.15) is 99.8 Å². The molecule has 150 valence electrons. The summed E-state index contributed by atoms with van der Waals surface area (Å²) in [6.45, 7) is 16.4. The third-order valence-corrected chi connectivity index (χ3v) is 8.14. The fourth-order valence-corrected chi connectivity index (χ4v) is 5.23. The Bertz CT molecular complexity index is 506. The summed E-state index contributed by atoms with van der Waals surface area (Å²) >= 11 is 0.